The Bertz CT molecular complexity index is 727. The summed E-state index contributed by atoms with van der Waals surface area (Å²) in [5.41, 5.74) is 1.83. The van der Waals surface area contributed by atoms with E-state index >= 15 is 0 Å². The van der Waals surface area contributed by atoms with E-state index in [9.17, 15) is 14.7 Å². The van der Waals surface area contributed by atoms with E-state index in [0.29, 0.717) is 12.3 Å². The molecule has 3 rings (SSSR count). The second kappa shape index (κ2) is 7.48. The average molecular weight is 342 g/mol. The van der Waals surface area contributed by atoms with Gasteiger partial charge in [-0.2, -0.15) is 0 Å². The van der Waals surface area contributed by atoms with Crippen LogP contribution in [0.1, 0.15) is 18.9 Å². The molecule has 2 atom stereocenters. The van der Waals surface area contributed by atoms with E-state index in [1.54, 1.807) is 13.1 Å². The molecule has 1 radical (unpaired) electrons. The van der Waals surface area contributed by atoms with Crippen molar-refractivity contribution in [1.82, 2.24) is 15.2 Å². The Kier molecular flexibility index (Phi) is 5.14. The van der Waals surface area contributed by atoms with Crippen LogP contribution < -0.4 is 5.32 Å². The zero-order valence-electron chi connectivity index (χ0n) is 13.9. The van der Waals surface area contributed by atoms with Crippen molar-refractivity contribution in [2.75, 3.05) is 6.54 Å². The second-order valence-corrected chi connectivity index (χ2v) is 5.97. The Hall–Kier alpha value is -2.67. The number of hydrogen-bond acceptors (Lipinski definition) is 5. The smallest absolute Gasteiger partial charge is 0.243 e. The Morgan fingerprint density at radius 3 is 2.80 bits per heavy atom. The van der Waals surface area contributed by atoms with Gasteiger partial charge in [-0.15, -0.1) is 0 Å². The Morgan fingerprint density at radius 1 is 1.40 bits per heavy atom. The highest BCUT2D eigenvalue weighted by Gasteiger charge is 2.38. The molecule has 7 heteroatoms. The number of benzene rings is 1. The number of aliphatic hydroxyl groups excluding tert-OH is 1. The van der Waals surface area contributed by atoms with Crippen LogP contribution in [-0.2, 0) is 16.1 Å². The molecular weight excluding hydrogens is 322 g/mol. The van der Waals surface area contributed by atoms with Gasteiger partial charge in [0, 0.05) is 31.5 Å². The summed E-state index contributed by atoms with van der Waals surface area (Å²) in [6.07, 6.45) is 4.01. The molecule has 1 aromatic carbocycles. The summed E-state index contributed by atoms with van der Waals surface area (Å²) in [7, 11) is 0. The summed E-state index contributed by atoms with van der Waals surface area (Å²) >= 11 is 0. The molecule has 2 aromatic rings. The number of oxazole rings is 1. The van der Waals surface area contributed by atoms with Gasteiger partial charge in [0.2, 0.25) is 11.8 Å². The first kappa shape index (κ1) is 17.2. The standard InChI is InChI=1S/C18H20N3O4/c1-2-17(23)21-10-14(22)7-15(21)18(24)20-8-12-3-5-13(6-4-12)16-9-19-11-25-16/h2-6,9,11,14-15,22H,7-8,10H2,1H3,(H,20,24)/t14-,15+/m1/s1. The summed E-state index contributed by atoms with van der Waals surface area (Å²) in [4.78, 5) is 29.5. The summed E-state index contributed by atoms with van der Waals surface area (Å²) < 4.78 is 5.24. The molecule has 1 aliphatic heterocycles. The van der Waals surface area contributed by atoms with E-state index in [0.717, 1.165) is 11.1 Å². The minimum absolute atomic E-state index is 0.188. The molecule has 1 fully saturated rings. The van der Waals surface area contributed by atoms with Gasteiger partial charge in [-0.25, -0.2) is 4.98 Å². The lowest BCUT2D eigenvalue weighted by atomic mass is 10.1. The molecule has 1 saturated heterocycles. The predicted octanol–water partition coefficient (Wildman–Crippen LogP) is 1.14. The van der Waals surface area contributed by atoms with Crippen LogP contribution in [0.25, 0.3) is 11.3 Å². The van der Waals surface area contributed by atoms with Gasteiger partial charge in [-0.1, -0.05) is 31.2 Å². The monoisotopic (exact) mass is 342 g/mol. The lowest BCUT2D eigenvalue weighted by Crippen LogP contribution is -2.45. The third-order valence-corrected chi connectivity index (χ3v) is 4.25. The first-order chi connectivity index (χ1) is 12.1. The van der Waals surface area contributed by atoms with Crippen LogP contribution >= 0.6 is 0 Å². The maximum atomic E-state index is 12.4. The number of rotatable bonds is 5. The lowest BCUT2D eigenvalue weighted by Gasteiger charge is -2.23. The van der Waals surface area contributed by atoms with Gasteiger partial charge in [0.1, 0.15) is 6.04 Å². The van der Waals surface area contributed by atoms with Gasteiger partial charge in [0.15, 0.2) is 12.2 Å². The third kappa shape index (κ3) is 3.88. The maximum Gasteiger partial charge on any atom is 0.243 e. The third-order valence-electron chi connectivity index (χ3n) is 4.25. The molecule has 0 spiro atoms. The summed E-state index contributed by atoms with van der Waals surface area (Å²) in [6, 6.07) is 6.94. The molecule has 2 amide bonds. The van der Waals surface area contributed by atoms with Gasteiger partial charge in [-0.3, -0.25) is 9.59 Å². The molecule has 25 heavy (non-hydrogen) atoms. The maximum absolute atomic E-state index is 12.4. The normalized spacial score (nSPS) is 19.8. The van der Waals surface area contributed by atoms with E-state index in [-0.39, 0.29) is 24.8 Å². The number of likely N-dealkylation sites (tertiary alicyclic amines) is 1. The van der Waals surface area contributed by atoms with Crippen molar-refractivity contribution in [3.05, 3.63) is 48.8 Å². The molecule has 7 nitrogen and oxygen atoms in total. The van der Waals surface area contributed by atoms with E-state index in [4.69, 9.17) is 4.42 Å². The summed E-state index contributed by atoms with van der Waals surface area (Å²) in [5, 5.41) is 12.6. The van der Waals surface area contributed by atoms with E-state index in [2.05, 4.69) is 10.3 Å². The van der Waals surface area contributed by atoms with Gasteiger partial charge < -0.3 is 19.7 Å². The van der Waals surface area contributed by atoms with Crippen molar-refractivity contribution in [2.45, 2.75) is 32.0 Å². The molecule has 0 unspecified atom stereocenters. The van der Waals surface area contributed by atoms with Crippen LogP contribution in [0.3, 0.4) is 0 Å². The van der Waals surface area contributed by atoms with Crippen LogP contribution in [0.2, 0.25) is 0 Å². The Balaban J connectivity index is 1.59. The van der Waals surface area contributed by atoms with Crippen LogP contribution in [0.5, 0.6) is 0 Å². The highest BCUT2D eigenvalue weighted by Crippen LogP contribution is 2.20. The quantitative estimate of drug-likeness (QED) is 0.850. The summed E-state index contributed by atoms with van der Waals surface area (Å²) in [5.74, 6) is 0.180. The first-order valence-electron chi connectivity index (χ1n) is 8.12. The number of carbonyl (C=O) groups excluding carboxylic acids is 2. The highest BCUT2D eigenvalue weighted by molar-refractivity contribution is 5.91. The molecule has 131 valence electrons. The van der Waals surface area contributed by atoms with Crippen LogP contribution in [-0.4, -0.2) is 45.5 Å². The summed E-state index contributed by atoms with van der Waals surface area (Å²) in [6.45, 7) is 2.16. The van der Waals surface area contributed by atoms with Crippen molar-refractivity contribution >= 4 is 11.8 Å². The molecule has 2 N–H and O–H groups in total. The number of aliphatic hydroxyl groups is 1. The molecule has 0 saturated carbocycles. The number of amides is 2. The largest absolute Gasteiger partial charge is 0.444 e. The van der Waals surface area contributed by atoms with Gasteiger partial charge in [0.25, 0.3) is 0 Å². The number of carbonyl (C=O) groups is 2. The molecular formula is C18H20N3O4. The minimum atomic E-state index is -0.666. The topological polar surface area (TPSA) is 95.7 Å². The van der Waals surface area contributed by atoms with E-state index in [1.165, 1.54) is 17.7 Å². The fourth-order valence-corrected chi connectivity index (χ4v) is 2.92. The lowest BCUT2D eigenvalue weighted by molar-refractivity contribution is -0.136. The van der Waals surface area contributed by atoms with Crippen molar-refractivity contribution in [3.8, 4) is 11.3 Å². The number of nitrogens with one attached hydrogen (secondary N) is 1. The highest BCUT2D eigenvalue weighted by atomic mass is 16.3. The zero-order chi connectivity index (χ0) is 17.8. The van der Waals surface area contributed by atoms with Crippen LogP contribution in [0.4, 0.5) is 0 Å². The molecule has 0 aliphatic carbocycles. The first-order valence-corrected chi connectivity index (χ1v) is 8.12. The van der Waals surface area contributed by atoms with Crippen LogP contribution in [0.15, 0.2) is 41.3 Å². The van der Waals surface area contributed by atoms with Gasteiger partial charge in [-0.05, 0) is 5.56 Å². The average Bonchev–Trinajstić information content (AvgIpc) is 3.29. The Labute approximate surface area is 145 Å². The molecule has 0 bridgehead atoms. The SMILES string of the molecule is C[CH]C(=O)N1C[C@H](O)C[C@H]1C(=O)NCc1ccc(-c2cnco2)cc1. The predicted molar refractivity (Wildman–Crippen MR) is 89.9 cm³/mol. The minimum Gasteiger partial charge on any atom is -0.444 e. The Morgan fingerprint density at radius 2 is 2.16 bits per heavy atom. The van der Waals surface area contributed by atoms with Gasteiger partial charge in [0.05, 0.1) is 12.3 Å². The number of nitrogens with zero attached hydrogens (tertiary/aromatic N) is 2. The fourth-order valence-electron chi connectivity index (χ4n) is 2.92. The number of aromatic nitrogens is 1. The molecule has 1 aliphatic rings. The van der Waals surface area contributed by atoms with E-state index in [1.807, 2.05) is 24.3 Å². The molecule has 1 aromatic heterocycles. The fraction of sp³-hybridized carbons (Fsp3) is 0.333. The van der Waals surface area contributed by atoms with Gasteiger partial charge >= 0.3 is 0 Å². The van der Waals surface area contributed by atoms with Crippen LogP contribution in [0, 0.1) is 6.42 Å². The zero-order valence-corrected chi connectivity index (χ0v) is 13.9. The van der Waals surface area contributed by atoms with Crippen molar-refractivity contribution in [3.63, 3.8) is 0 Å². The van der Waals surface area contributed by atoms with E-state index < -0.39 is 12.1 Å². The van der Waals surface area contributed by atoms with Crippen molar-refractivity contribution in [2.24, 2.45) is 0 Å². The second-order valence-electron chi connectivity index (χ2n) is 5.97. The number of hydrogen-bond donors (Lipinski definition) is 2. The molecule has 2 heterocycles. The van der Waals surface area contributed by atoms with Crippen molar-refractivity contribution in [1.29, 1.82) is 0 Å². The number of β-amino-alcohol motifs (C(OH)–C–C–N with tert-alkyl or cyclic N) is 1. The van der Waals surface area contributed by atoms with Crippen molar-refractivity contribution < 1.29 is 19.1 Å².